The number of aromatic nitrogens is 4. The summed E-state index contributed by atoms with van der Waals surface area (Å²) in [6.07, 6.45) is 2.48. The number of rotatable bonds is 8. The van der Waals surface area contributed by atoms with Gasteiger partial charge < -0.3 is 4.57 Å². The van der Waals surface area contributed by atoms with Crippen LogP contribution in [0.2, 0.25) is 0 Å². The van der Waals surface area contributed by atoms with Crippen molar-refractivity contribution in [2.75, 3.05) is 0 Å². The Labute approximate surface area is 204 Å². The summed E-state index contributed by atoms with van der Waals surface area (Å²) in [5.41, 5.74) is 4.05. The average Bonchev–Trinajstić information content (AvgIpc) is 3.25. The van der Waals surface area contributed by atoms with E-state index in [9.17, 15) is 14.4 Å². The van der Waals surface area contributed by atoms with E-state index in [1.165, 1.54) is 4.57 Å². The molecule has 0 amide bonds. The molecule has 2 aromatic carbocycles. The van der Waals surface area contributed by atoms with Crippen molar-refractivity contribution in [3.8, 4) is 0 Å². The van der Waals surface area contributed by atoms with Crippen molar-refractivity contribution in [1.29, 1.82) is 0 Å². The second-order valence-corrected chi connectivity index (χ2v) is 9.71. The molecule has 0 saturated carbocycles. The molecular formula is C28H32N4O3. The molecule has 0 aliphatic heterocycles. The van der Waals surface area contributed by atoms with E-state index in [-0.39, 0.29) is 18.9 Å². The smallest absolute Gasteiger partial charge is 0.325 e. The van der Waals surface area contributed by atoms with Crippen LogP contribution in [0.15, 0.2) is 58.4 Å². The third kappa shape index (κ3) is 4.90. The summed E-state index contributed by atoms with van der Waals surface area (Å²) >= 11 is 0. The normalized spacial score (nSPS) is 11.5. The van der Waals surface area contributed by atoms with Crippen LogP contribution in [0.25, 0.3) is 11.2 Å². The first-order valence-corrected chi connectivity index (χ1v) is 12.0. The molecular weight excluding hydrogens is 440 g/mol. The average molecular weight is 473 g/mol. The number of hydrogen-bond donors (Lipinski definition) is 0. The van der Waals surface area contributed by atoms with Crippen molar-refractivity contribution >= 4 is 16.9 Å². The highest BCUT2D eigenvalue weighted by molar-refractivity contribution is 5.97. The number of carbonyl (C=O) groups excluding carboxylic acids is 1. The van der Waals surface area contributed by atoms with Gasteiger partial charge in [0.25, 0.3) is 5.56 Å². The zero-order valence-electron chi connectivity index (χ0n) is 21.0. The molecule has 0 N–H and O–H groups in total. The number of aryl methyl sites for hydroxylation is 4. The lowest BCUT2D eigenvalue weighted by molar-refractivity contribution is 0.0968. The van der Waals surface area contributed by atoms with Crippen LogP contribution in [0.1, 0.15) is 52.9 Å². The zero-order valence-corrected chi connectivity index (χ0v) is 21.0. The topological polar surface area (TPSA) is 78.9 Å². The van der Waals surface area contributed by atoms with E-state index in [0.29, 0.717) is 29.2 Å². The number of nitrogens with zero attached hydrogens (tertiary/aromatic N) is 4. The van der Waals surface area contributed by atoms with Gasteiger partial charge in [-0.05, 0) is 61.4 Å². The number of benzene rings is 2. The second-order valence-electron chi connectivity index (χ2n) is 9.71. The Balaban J connectivity index is 1.86. The molecule has 2 heterocycles. The number of ketones is 1. The van der Waals surface area contributed by atoms with E-state index in [4.69, 9.17) is 0 Å². The molecule has 0 bridgehead atoms. The molecule has 35 heavy (non-hydrogen) atoms. The van der Waals surface area contributed by atoms with Crippen LogP contribution in [-0.2, 0) is 19.6 Å². The number of Topliss-reactive ketones (excluding diaryl/α,β-unsaturated/α-hetero) is 1. The molecule has 0 atom stereocenters. The van der Waals surface area contributed by atoms with E-state index in [1.807, 2.05) is 63.2 Å². The van der Waals surface area contributed by atoms with Gasteiger partial charge in [0.1, 0.15) is 0 Å². The molecule has 7 heteroatoms. The van der Waals surface area contributed by atoms with Gasteiger partial charge in [0.15, 0.2) is 16.9 Å². The lowest BCUT2D eigenvalue weighted by Crippen LogP contribution is -2.42. The summed E-state index contributed by atoms with van der Waals surface area (Å²) in [5.74, 6) is 0.183. The van der Waals surface area contributed by atoms with Crippen LogP contribution in [0, 0.1) is 26.7 Å². The number of hydrogen-bond acceptors (Lipinski definition) is 4. The van der Waals surface area contributed by atoms with E-state index in [2.05, 4.69) is 18.8 Å². The minimum Gasteiger partial charge on any atom is -0.325 e. The van der Waals surface area contributed by atoms with Gasteiger partial charge in [0.05, 0.1) is 19.4 Å². The van der Waals surface area contributed by atoms with Crippen molar-refractivity contribution in [3.05, 3.63) is 97.4 Å². The molecule has 0 radical (unpaired) electrons. The maximum atomic E-state index is 13.6. The van der Waals surface area contributed by atoms with E-state index < -0.39 is 11.2 Å². The molecule has 182 valence electrons. The molecule has 2 aromatic heterocycles. The molecule has 7 nitrogen and oxygen atoms in total. The van der Waals surface area contributed by atoms with Gasteiger partial charge in [-0.15, -0.1) is 0 Å². The fourth-order valence-corrected chi connectivity index (χ4v) is 4.34. The SMILES string of the molecule is Cc1cc(C)c(C(=O)Cn2c(=O)c3c(ncn3CCC(C)C)n(Cc3ccccc3)c2=O)cc1C. The van der Waals surface area contributed by atoms with Crippen molar-refractivity contribution in [2.24, 2.45) is 5.92 Å². The molecule has 4 aromatic rings. The summed E-state index contributed by atoms with van der Waals surface area (Å²) in [6.45, 7) is 10.6. The maximum Gasteiger partial charge on any atom is 0.333 e. The van der Waals surface area contributed by atoms with Crippen LogP contribution in [0.5, 0.6) is 0 Å². The van der Waals surface area contributed by atoms with Gasteiger partial charge in [-0.2, -0.15) is 0 Å². The fourth-order valence-electron chi connectivity index (χ4n) is 4.34. The Morgan fingerprint density at radius 1 is 0.943 bits per heavy atom. The van der Waals surface area contributed by atoms with Crippen LogP contribution < -0.4 is 11.2 Å². The summed E-state index contributed by atoms with van der Waals surface area (Å²) in [5, 5.41) is 0. The first kappa shape index (κ1) is 24.4. The minimum atomic E-state index is -0.532. The van der Waals surface area contributed by atoms with Gasteiger partial charge in [-0.1, -0.05) is 50.2 Å². The standard InChI is InChI=1S/C28H32N4O3/c1-18(2)11-12-30-17-29-26-25(30)27(34)32(28(35)31(26)15-22-9-7-6-8-10-22)16-24(33)23-14-20(4)19(3)13-21(23)5/h6-10,13-14,17-18H,11-12,15-16H2,1-5H3. The van der Waals surface area contributed by atoms with Crippen molar-refractivity contribution < 1.29 is 4.79 Å². The zero-order chi connectivity index (χ0) is 25.3. The van der Waals surface area contributed by atoms with Crippen LogP contribution in [0.4, 0.5) is 0 Å². The van der Waals surface area contributed by atoms with Gasteiger partial charge in [-0.25, -0.2) is 9.78 Å². The van der Waals surface area contributed by atoms with Gasteiger partial charge in [0, 0.05) is 12.1 Å². The predicted molar refractivity (Wildman–Crippen MR) is 138 cm³/mol. The van der Waals surface area contributed by atoms with Crippen LogP contribution in [-0.4, -0.2) is 24.5 Å². The third-order valence-electron chi connectivity index (χ3n) is 6.56. The summed E-state index contributed by atoms with van der Waals surface area (Å²) in [6, 6.07) is 13.4. The Bertz CT molecular complexity index is 1510. The lowest BCUT2D eigenvalue weighted by Gasteiger charge is -2.14. The number of carbonyl (C=O) groups is 1. The molecule has 4 rings (SSSR count). The monoisotopic (exact) mass is 472 g/mol. The molecule has 0 unspecified atom stereocenters. The van der Waals surface area contributed by atoms with Gasteiger partial charge >= 0.3 is 5.69 Å². The highest BCUT2D eigenvalue weighted by Crippen LogP contribution is 2.17. The first-order valence-electron chi connectivity index (χ1n) is 12.0. The van der Waals surface area contributed by atoms with Crippen LogP contribution in [0.3, 0.4) is 0 Å². The fraction of sp³-hybridized carbons (Fsp3) is 0.357. The quantitative estimate of drug-likeness (QED) is 0.359. The lowest BCUT2D eigenvalue weighted by atomic mass is 9.98. The van der Waals surface area contributed by atoms with Gasteiger partial charge in [-0.3, -0.25) is 18.7 Å². The Morgan fingerprint density at radius 2 is 1.63 bits per heavy atom. The Kier molecular flexibility index (Phi) is 6.87. The highest BCUT2D eigenvalue weighted by Gasteiger charge is 2.21. The van der Waals surface area contributed by atoms with Gasteiger partial charge in [0.2, 0.25) is 0 Å². The predicted octanol–water partition coefficient (Wildman–Crippen LogP) is 4.26. The van der Waals surface area contributed by atoms with Crippen molar-refractivity contribution in [2.45, 2.75) is 60.7 Å². The summed E-state index contributed by atoms with van der Waals surface area (Å²) in [4.78, 5) is 44.9. The van der Waals surface area contributed by atoms with E-state index >= 15 is 0 Å². The summed E-state index contributed by atoms with van der Waals surface area (Å²) in [7, 11) is 0. The molecule has 0 saturated heterocycles. The van der Waals surface area contributed by atoms with Crippen molar-refractivity contribution in [1.82, 2.24) is 18.7 Å². The van der Waals surface area contributed by atoms with E-state index in [1.54, 1.807) is 10.9 Å². The Hall–Kier alpha value is -3.74. The Morgan fingerprint density at radius 3 is 2.31 bits per heavy atom. The van der Waals surface area contributed by atoms with E-state index in [0.717, 1.165) is 33.2 Å². The molecule has 0 aliphatic carbocycles. The molecule has 0 aliphatic rings. The largest absolute Gasteiger partial charge is 0.333 e. The van der Waals surface area contributed by atoms with Crippen LogP contribution >= 0.6 is 0 Å². The maximum absolute atomic E-state index is 13.6. The minimum absolute atomic E-state index is 0.258. The third-order valence-corrected chi connectivity index (χ3v) is 6.56. The highest BCUT2D eigenvalue weighted by atomic mass is 16.2. The summed E-state index contributed by atoms with van der Waals surface area (Å²) < 4.78 is 4.37. The first-order chi connectivity index (χ1) is 16.7. The second kappa shape index (κ2) is 9.86. The molecule has 0 fully saturated rings. The number of fused-ring (bicyclic) bond motifs is 1. The van der Waals surface area contributed by atoms with Crippen molar-refractivity contribution in [3.63, 3.8) is 0 Å². The molecule has 0 spiro atoms. The number of imidazole rings is 1.